The van der Waals surface area contributed by atoms with Crippen molar-refractivity contribution in [3.8, 4) is 16.8 Å². The lowest BCUT2D eigenvalue weighted by atomic mass is 10.0. The summed E-state index contributed by atoms with van der Waals surface area (Å²) in [6.07, 6.45) is 5.28. The van der Waals surface area contributed by atoms with E-state index in [0.29, 0.717) is 0 Å². The summed E-state index contributed by atoms with van der Waals surface area (Å²) in [5, 5.41) is 0. The molecular weight excluding hydrogens is 282 g/mol. The molecule has 2 aromatic carbocycles. The standard InChI is InChI=1S/C21H19NO/c1-2-3-13-19-20-16-11-7-8-12-17(16)21(23)18(20)14-22(19)15-9-5-4-6-10-15/h4-12,14H,2-3,13H2,1H3. The van der Waals surface area contributed by atoms with Gasteiger partial charge < -0.3 is 4.57 Å². The third-order valence-corrected chi connectivity index (χ3v) is 4.59. The Labute approximate surface area is 136 Å². The Bertz CT molecular complexity index is 874. The first kappa shape index (κ1) is 14.0. The molecule has 23 heavy (non-hydrogen) atoms. The number of rotatable bonds is 4. The van der Waals surface area contributed by atoms with Gasteiger partial charge in [0.2, 0.25) is 0 Å². The normalized spacial score (nSPS) is 12.3. The largest absolute Gasteiger partial charge is 0.320 e. The summed E-state index contributed by atoms with van der Waals surface area (Å²) in [6, 6.07) is 18.3. The minimum absolute atomic E-state index is 0.156. The Morgan fingerprint density at radius 2 is 1.57 bits per heavy atom. The predicted molar refractivity (Wildman–Crippen MR) is 93.2 cm³/mol. The molecule has 0 saturated carbocycles. The van der Waals surface area contributed by atoms with Crippen molar-refractivity contribution in [1.29, 1.82) is 0 Å². The van der Waals surface area contributed by atoms with Crippen molar-refractivity contribution in [1.82, 2.24) is 4.57 Å². The van der Waals surface area contributed by atoms with E-state index < -0.39 is 0 Å². The monoisotopic (exact) mass is 301 g/mol. The van der Waals surface area contributed by atoms with Crippen molar-refractivity contribution in [2.45, 2.75) is 26.2 Å². The van der Waals surface area contributed by atoms with Gasteiger partial charge in [0.15, 0.2) is 5.78 Å². The molecule has 0 N–H and O–H groups in total. The molecule has 1 heterocycles. The fourth-order valence-corrected chi connectivity index (χ4v) is 3.47. The zero-order valence-corrected chi connectivity index (χ0v) is 13.3. The van der Waals surface area contributed by atoms with Crippen molar-refractivity contribution in [3.63, 3.8) is 0 Å². The third-order valence-electron chi connectivity index (χ3n) is 4.59. The van der Waals surface area contributed by atoms with Gasteiger partial charge in [-0.25, -0.2) is 0 Å². The summed E-state index contributed by atoms with van der Waals surface area (Å²) >= 11 is 0. The van der Waals surface area contributed by atoms with Crippen LogP contribution in [0.25, 0.3) is 16.8 Å². The number of aromatic nitrogens is 1. The number of fused-ring (bicyclic) bond motifs is 3. The number of para-hydroxylation sites is 1. The van der Waals surface area contributed by atoms with Crippen LogP contribution in [0.15, 0.2) is 60.8 Å². The molecule has 1 aliphatic rings. The molecule has 114 valence electrons. The van der Waals surface area contributed by atoms with Gasteiger partial charge >= 0.3 is 0 Å². The third kappa shape index (κ3) is 2.14. The average Bonchev–Trinajstić information content (AvgIpc) is 3.11. The topological polar surface area (TPSA) is 22.0 Å². The van der Waals surface area contributed by atoms with Crippen molar-refractivity contribution in [2.24, 2.45) is 0 Å². The van der Waals surface area contributed by atoms with Crippen LogP contribution >= 0.6 is 0 Å². The second-order valence-electron chi connectivity index (χ2n) is 6.05. The van der Waals surface area contributed by atoms with Gasteiger partial charge in [-0.05, 0) is 30.5 Å². The molecule has 1 aromatic heterocycles. The maximum atomic E-state index is 12.7. The van der Waals surface area contributed by atoms with Crippen molar-refractivity contribution in [2.75, 3.05) is 0 Å². The minimum Gasteiger partial charge on any atom is -0.320 e. The number of carbonyl (C=O) groups is 1. The number of ketones is 1. The van der Waals surface area contributed by atoms with Crippen LogP contribution in [-0.2, 0) is 6.42 Å². The van der Waals surface area contributed by atoms with Gasteiger partial charge in [-0.2, -0.15) is 0 Å². The zero-order valence-electron chi connectivity index (χ0n) is 13.3. The molecule has 0 fully saturated rings. The van der Waals surface area contributed by atoms with Gasteiger partial charge in [-0.3, -0.25) is 4.79 Å². The lowest BCUT2D eigenvalue weighted by Crippen LogP contribution is -2.01. The quantitative estimate of drug-likeness (QED) is 0.518. The van der Waals surface area contributed by atoms with Crippen LogP contribution in [0.1, 0.15) is 41.4 Å². The fraction of sp³-hybridized carbons (Fsp3) is 0.190. The molecule has 0 aliphatic heterocycles. The molecule has 2 nitrogen and oxygen atoms in total. The number of hydrogen-bond donors (Lipinski definition) is 0. The van der Waals surface area contributed by atoms with E-state index in [2.05, 4.69) is 29.7 Å². The molecule has 1 aliphatic carbocycles. The summed E-state index contributed by atoms with van der Waals surface area (Å²) in [7, 11) is 0. The Morgan fingerprint density at radius 3 is 2.30 bits per heavy atom. The molecule has 0 amide bonds. The first-order valence-electron chi connectivity index (χ1n) is 8.25. The van der Waals surface area contributed by atoms with E-state index in [0.717, 1.165) is 47.2 Å². The summed E-state index contributed by atoms with van der Waals surface area (Å²) in [5.41, 5.74) is 6.30. The zero-order chi connectivity index (χ0) is 15.8. The van der Waals surface area contributed by atoms with Gasteiger partial charge in [-0.15, -0.1) is 0 Å². The van der Waals surface area contributed by atoms with Crippen LogP contribution in [0, 0.1) is 0 Å². The van der Waals surface area contributed by atoms with E-state index >= 15 is 0 Å². The van der Waals surface area contributed by atoms with E-state index in [1.54, 1.807) is 0 Å². The van der Waals surface area contributed by atoms with E-state index in [1.807, 2.05) is 42.6 Å². The summed E-state index contributed by atoms with van der Waals surface area (Å²) in [6.45, 7) is 2.20. The molecule has 0 saturated heterocycles. The number of carbonyl (C=O) groups excluding carboxylic acids is 1. The molecule has 0 bridgehead atoms. The van der Waals surface area contributed by atoms with Crippen LogP contribution in [-0.4, -0.2) is 10.4 Å². The molecular formula is C21H19NO. The van der Waals surface area contributed by atoms with Crippen LogP contribution in [0.3, 0.4) is 0 Å². The number of nitrogens with zero attached hydrogens (tertiary/aromatic N) is 1. The van der Waals surface area contributed by atoms with Crippen molar-refractivity contribution < 1.29 is 4.79 Å². The van der Waals surface area contributed by atoms with Gasteiger partial charge in [0.05, 0.1) is 0 Å². The lowest BCUT2D eigenvalue weighted by Gasteiger charge is -2.12. The van der Waals surface area contributed by atoms with Crippen LogP contribution in [0.5, 0.6) is 0 Å². The Kier molecular flexibility index (Phi) is 3.38. The Hall–Kier alpha value is -2.61. The average molecular weight is 301 g/mol. The van der Waals surface area contributed by atoms with Crippen LogP contribution in [0.2, 0.25) is 0 Å². The highest BCUT2D eigenvalue weighted by Gasteiger charge is 2.31. The van der Waals surface area contributed by atoms with E-state index in [1.165, 1.54) is 5.69 Å². The second kappa shape index (κ2) is 5.54. The number of benzene rings is 2. The maximum absolute atomic E-state index is 12.7. The molecule has 0 radical (unpaired) electrons. The van der Waals surface area contributed by atoms with Gasteiger partial charge in [0.1, 0.15) is 0 Å². The second-order valence-corrected chi connectivity index (χ2v) is 6.05. The van der Waals surface area contributed by atoms with Gasteiger partial charge in [0.25, 0.3) is 0 Å². The number of unbranched alkanes of at least 4 members (excludes halogenated alkanes) is 1. The molecule has 0 unspecified atom stereocenters. The SMILES string of the molecule is CCCCc1c2c(cn1-c1ccccc1)C(=O)c1ccccc1-2. The van der Waals surface area contributed by atoms with E-state index in [9.17, 15) is 4.79 Å². The van der Waals surface area contributed by atoms with Crippen molar-refractivity contribution in [3.05, 3.63) is 77.6 Å². The van der Waals surface area contributed by atoms with Gasteiger partial charge in [-0.1, -0.05) is 55.8 Å². The lowest BCUT2D eigenvalue weighted by molar-refractivity contribution is 0.104. The Morgan fingerprint density at radius 1 is 0.870 bits per heavy atom. The molecule has 0 atom stereocenters. The highest BCUT2D eigenvalue weighted by atomic mass is 16.1. The first-order valence-corrected chi connectivity index (χ1v) is 8.25. The summed E-state index contributed by atoms with van der Waals surface area (Å²) < 4.78 is 2.20. The Balaban J connectivity index is 1.95. The minimum atomic E-state index is 0.156. The number of hydrogen-bond acceptors (Lipinski definition) is 1. The summed E-state index contributed by atoms with van der Waals surface area (Å²) in [5.74, 6) is 0.156. The van der Waals surface area contributed by atoms with Crippen LogP contribution < -0.4 is 0 Å². The smallest absolute Gasteiger partial charge is 0.195 e. The van der Waals surface area contributed by atoms with Crippen LogP contribution in [0.4, 0.5) is 0 Å². The fourth-order valence-electron chi connectivity index (χ4n) is 3.47. The molecule has 2 heteroatoms. The highest BCUT2D eigenvalue weighted by Crippen LogP contribution is 2.41. The molecule has 3 aromatic rings. The highest BCUT2D eigenvalue weighted by molar-refractivity contribution is 6.22. The molecule has 4 rings (SSSR count). The maximum Gasteiger partial charge on any atom is 0.195 e. The predicted octanol–water partition coefficient (Wildman–Crippen LogP) is 5.03. The van der Waals surface area contributed by atoms with E-state index in [4.69, 9.17) is 0 Å². The first-order chi connectivity index (χ1) is 11.3. The van der Waals surface area contributed by atoms with Gasteiger partial charge in [0, 0.05) is 34.3 Å². The summed E-state index contributed by atoms with van der Waals surface area (Å²) in [4.78, 5) is 12.7. The van der Waals surface area contributed by atoms with E-state index in [-0.39, 0.29) is 5.78 Å². The molecule has 0 spiro atoms. The van der Waals surface area contributed by atoms with Crippen molar-refractivity contribution >= 4 is 5.78 Å².